The van der Waals surface area contributed by atoms with Crippen LogP contribution in [0.25, 0.3) is 0 Å². The zero-order valence-electron chi connectivity index (χ0n) is 9.81. The Balaban J connectivity index is 3.20. The summed E-state index contributed by atoms with van der Waals surface area (Å²) in [5.74, 6) is -1.31. The number of Topliss-reactive ketones (excluding diaryl/α,β-unsaturated/α-hetero) is 1. The molecule has 5 heteroatoms. The maximum absolute atomic E-state index is 12.3. The summed E-state index contributed by atoms with van der Waals surface area (Å²) >= 11 is 0. The Kier molecular flexibility index (Phi) is 3.80. The molecular weight excluding hydrogens is 233 g/mol. The van der Waals surface area contributed by atoms with E-state index in [2.05, 4.69) is 0 Å². The molecule has 94 valence electrons. The van der Waals surface area contributed by atoms with E-state index >= 15 is 0 Å². The number of carbonyl (C=O) groups excluding carboxylic acids is 1. The van der Waals surface area contributed by atoms with Gasteiger partial charge < -0.3 is 4.74 Å². The molecule has 1 aromatic rings. The number of rotatable bonds is 3. The molecule has 0 spiro atoms. The van der Waals surface area contributed by atoms with Gasteiger partial charge in [0.1, 0.15) is 5.75 Å². The van der Waals surface area contributed by atoms with E-state index in [0.29, 0.717) is 17.9 Å². The van der Waals surface area contributed by atoms with E-state index in [1.54, 1.807) is 13.8 Å². The fourth-order valence-electron chi connectivity index (χ4n) is 1.50. The maximum Gasteiger partial charge on any atom is 0.454 e. The van der Waals surface area contributed by atoms with Gasteiger partial charge in [-0.15, -0.1) is 0 Å². The third-order valence-electron chi connectivity index (χ3n) is 2.32. The molecule has 1 rings (SSSR count). The van der Waals surface area contributed by atoms with Gasteiger partial charge >= 0.3 is 6.18 Å². The van der Waals surface area contributed by atoms with Gasteiger partial charge in [0, 0.05) is 5.56 Å². The van der Waals surface area contributed by atoms with Crippen LogP contribution in [0.1, 0.15) is 28.4 Å². The minimum atomic E-state index is -4.84. The maximum atomic E-state index is 12.3. The number of benzene rings is 1. The number of carbonyl (C=O) groups is 1. The Morgan fingerprint density at radius 2 is 1.82 bits per heavy atom. The highest BCUT2D eigenvalue weighted by molar-refractivity contribution is 6.01. The van der Waals surface area contributed by atoms with Crippen LogP contribution in [0.15, 0.2) is 12.1 Å². The van der Waals surface area contributed by atoms with Crippen molar-refractivity contribution in [2.75, 3.05) is 6.61 Å². The van der Waals surface area contributed by atoms with Crippen molar-refractivity contribution in [2.45, 2.75) is 26.9 Å². The molecule has 0 aliphatic rings. The smallest absolute Gasteiger partial charge is 0.454 e. The molecule has 0 saturated carbocycles. The van der Waals surface area contributed by atoms with Gasteiger partial charge in [-0.25, -0.2) is 0 Å². The number of aryl methyl sites for hydroxylation is 2. The Hall–Kier alpha value is -1.52. The van der Waals surface area contributed by atoms with Crippen molar-refractivity contribution >= 4 is 5.78 Å². The second-order valence-electron chi connectivity index (χ2n) is 3.69. The van der Waals surface area contributed by atoms with Crippen LogP contribution in [0.3, 0.4) is 0 Å². The molecule has 2 nitrogen and oxygen atoms in total. The normalized spacial score (nSPS) is 11.4. The van der Waals surface area contributed by atoms with Crippen molar-refractivity contribution in [3.05, 3.63) is 28.8 Å². The van der Waals surface area contributed by atoms with Crippen molar-refractivity contribution in [3.63, 3.8) is 0 Å². The molecule has 0 N–H and O–H groups in total. The summed E-state index contributed by atoms with van der Waals surface area (Å²) in [6, 6.07) is 2.67. The standard InChI is InChI=1S/C12H13F3O2/c1-4-17-10-6-7(2)9(5-8(10)3)11(16)12(13,14)15/h5-6H,4H2,1-3H3. The van der Waals surface area contributed by atoms with E-state index in [4.69, 9.17) is 4.74 Å². The van der Waals surface area contributed by atoms with Crippen LogP contribution < -0.4 is 4.74 Å². The quantitative estimate of drug-likeness (QED) is 0.763. The Bertz CT molecular complexity index is 436. The summed E-state index contributed by atoms with van der Waals surface area (Å²) in [7, 11) is 0. The number of alkyl halides is 3. The predicted molar refractivity (Wildman–Crippen MR) is 57.5 cm³/mol. The predicted octanol–water partition coefficient (Wildman–Crippen LogP) is 3.45. The van der Waals surface area contributed by atoms with Crippen molar-refractivity contribution in [3.8, 4) is 5.75 Å². The van der Waals surface area contributed by atoms with E-state index < -0.39 is 12.0 Å². The lowest BCUT2D eigenvalue weighted by Crippen LogP contribution is -2.23. The first-order valence-corrected chi connectivity index (χ1v) is 5.13. The Morgan fingerprint density at radius 3 is 2.29 bits per heavy atom. The summed E-state index contributed by atoms with van der Waals surface area (Å²) in [4.78, 5) is 11.1. The third-order valence-corrected chi connectivity index (χ3v) is 2.32. The number of hydrogen-bond donors (Lipinski definition) is 0. The highest BCUT2D eigenvalue weighted by Crippen LogP contribution is 2.28. The zero-order valence-corrected chi connectivity index (χ0v) is 9.81. The molecule has 0 fully saturated rings. The van der Waals surface area contributed by atoms with E-state index in [1.807, 2.05) is 0 Å². The summed E-state index contributed by atoms with van der Waals surface area (Å²) in [5, 5.41) is 0. The zero-order chi connectivity index (χ0) is 13.2. The minimum absolute atomic E-state index is 0.265. The first kappa shape index (κ1) is 13.5. The highest BCUT2D eigenvalue weighted by atomic mass is 19.4. The average Bonchev–Trinajstić information content (AvgIpc) is 2.21. The number of hydrogen-bond acceptors (Lipinski definition) is 2. The van der Waals surface area contributed by atoms with Gasteiger partial charge in [-0.1, -0.05) is 0 Å². The first-order valence-electron chi connectivity index (χ1n) is 5.13. The monoisotopic (exact) mass is 246 g/mol. The van der Waals surface area contributed by atoms with Gasteiger partial charge in [0.25, 0.3) is 5.78 Å². The van der Waals surface area contributed by atoms with Gasteiger partial charge in [-0.2, -0.15) is 13.2 Å². The summed E-state index contributed by atoms with van der Waals surface area (Å²) < 4.78 is 42.2. The lowest BCUT2D eigenvalue weighted by molar-refractivity contribution is -0.0885. The molecule has 0 unspecified atom stereocenters. The van der Waals surface area contributed by atoms with Crippen LogP contribution in [0.5, 0.6) is 5.75 Å². The van der Waals surface area contributed by atoms with E-state index in [0.717, 1.165) is 0 Å². The van der Waals surface area contributed by atoms with Crippen molar-refractivity contribution in [1.29, 1.82) is 0 Å². The molecule has 17 heavy (non-hydrogen) atoms. The minimum Gasteiger partial charge on any atom is -0.494 e. The van der Waals surface area contributed by atoms with Crippen LogP contribution >= 0.6 is 0 Å². The van der Waals surface area contributed by atoms with Crippen molar-refractivity contribution in [2.24, 2.45) is 0 Å². The summed E-state index contributed by atoms with van der Waals surface area (Å²) in [6.45, 7) is 5.27. The van der Waals surface area contributed by atoms with Crippen LogP contribution in [0.2, 0.25) is 0 Å². The lowest BCUT2D eigenvalue weighted by Gasteiger charge is -2.13. The molecule has 0 bridgehead atoms. The molecule has 0 aliphatic carbocycles. The van der Waals surface area contributed by atoms with Crippen LogP contribution in [-0.2, 0) is 0 Å². The Morgan fingerprint density at radius 1 is 1.24 bits per heavy atom. The summed E-state index contributed by atoms with van der Waals surface area (Å²) in [5.41, 5.74) is 0.463. The highest BCUT2D eigenvalue weighted by Gasteiger charge is 2.40. The number of ether oxygens (including phenoxy) is 1. The largest absolute Gasteiger partial charge is 0.494 e. The second-order valence-corrected chi connectivity index (χ2v) is 3.69. The number of ketones is 1. The molecule has 0 heterocycles. The Labute approximate surface area is 97.4 Å². The van der Waals surface area contributed by atoms with Gasteiger partial charge in [0.15, 0.2) is 0 Å². The molecular formula is C12H13F3O2. The van der Waals surface area contributed by atoms with Crippen molar-refractivity contribution < 1.29 is 22.7 Å². The molecule has 0 saturated heterocycles. The van der Waals surface area contributed by atoms with Gasteiger partial charge in [0.2, 0.25) is 0 Å². The number of halogens is 3. The van der Waals surface area contributed by atoms with Gasteiger partial charge in [0.05, 0.1) is 6.61 Å². The average molecular weight is 246 g/mol. The lowest BCUT2D eigenvalue weighted by atomic mass is 10.0. The van der Waals surface area contributed by atoms with Crippen LogP contribution in [0, 0.1) is 13.8 Å². The second kappa shape index (κ2) is 4.77. The fraction of sp³-hybridized carbons (Fsp3) is 0.417. The van der Waals surface area contributed by atoms with Gasteiger partial charge in [-0.05, 0) is 44.0 Å². The molecule has 0 aliphatic heterocycles. The molecule has 0 amide bonds. The molecule has 0 atom stereocenters. The topological polar surface area (TPSA) is 26.3 Å². The third kappa shape index (κ3) is 2.99. The molecule has 1 aromatic carbocycles. The SMILES string of the molecule is CCOc1cc(C)c(C(=O)C(F)(F)F)cc1C. The van der Waals surface area contributed by atoms with Crippen LogP contribution in [0.4, 0.5) is 13.2 Å². The van der Waals surface area contributed by atoms with Crippen LogP contribution in [-0.4, -0.2) is 18.6 Å². The first-order chi connectivity index (χ1) is 7.77. The summed E-state index contributed by atoms with van der Waals surface area (Å²) in [6.07, 6.45) is -4.84. The van der Waals surface area contributed by atoms with E-state index in [9.17, 15) is 18.0 Å². The van der Waals surface area contributed by atoms with E-state index in [1.165, 1.54) is 19.1 Å². The molecule has 0 aromatic heterocycles. The molecule has 0 radical (unpaired) electrons. The van der Waals surface area contributed by atoms with Crippen molar-refractivity contribution in [1.82, 2.24) is 0 Å². The van der Waals surface area contributed by atoms with Gasteiger partial charge in [-0.3, -0.25) is 4.79 Å². The van der Waals surface area contributed by atoms with E-state index in [-0.39, 0.29) is 11.1 Å². The fourth-order valence-corrected chi connectivity index (χ4v) is 1.50.